The summed E-state index contributed by atoms with van der Waals surface area (Å²) in [6.07, 6.45) is 0. The molecule has 1 N–H and O–H groups in total. The highest BCUT2D eigenvalue weighted by molar-refractivity contribution is 9.10. The van der Waals surface area contributed by atoms with Gasteiger partial charge in [-0.25, -0.2) is 9.07 Å². The van der Waals surface area contributed by atoms with Crippen molar-refractivity contribution in [1.29, 1.82) is 0 Å². The molecule has 0 fully saturated rings. The molecule has 0 saturated carbocycles. The third kappa shape index (κ3) is 2.12. The number of hydrogen-bond acceptors (Lipinski definition) is 2. The maximum absolute atomic E-state index is 14.1. The highest BCUT2D eigenvalue weighted by Crippen LogP contribution is 2.19. The van der Waals surface area contributed by atoms with Crippen molar-refractivity contribution in [3.63, 3.8) is 0 Å². The molecule has 0 amide bonds. The Hall–Kier alpha value is -2.15. The zero-order chi connectivity index (χ0) is 16.0. The standard InChI is InChI=1S/C15H13BrFN3O2/c1-3-19-8(2)14-11(7-13(19)21)18-20(15(14)22)12-5-4-9(16)6-10(12)17/h4-7,18H,3H2,1-2H3. The van der Waals surface area contributed by atoms with Gasteiger partial charge in [-0.1, -0.05) is 15.9 Å². The Bertz CT molecular complexity index is 1000. The first-order valence-corrected chi connectivity index (χ1v) is 7.54. The number of aromatic nitrogens is 3. The number of fused-ring (bicyclic) bond motifs is 1. The molecule has 114 valence electrons. The second-order valence-corrected chi connectivity index (χ2v) is 5.86. The van der Waals surface area contributed by atoms with Crippen LogP contribution in [0.4, 0.5) is 4.39 Å². The molecule has 0 atom stereocenters. The van der Waals surface area contributed by atoms with E-state index in [0.29, 0.717) is 27.6 Å². The summed E-state index contributed by atoms with van der Waals surface area (Å²) in [7, 11) is 0. The fraction of sp³-hybridized carbons (Fsp3) is 0.200. The third-order valence-corrected chi connectivity index (χ3v) is 4.18. The topological polar surface area (TPSA) is 59.8 Å². The molecule has 3 aromatic rings. The SMILES string of the molecule is CCn1c(C)c2c(=O)n(-c3ccc(Br)cc3F)[nH]c2cc1=O. The maximum Gasteiger partial charge on any atom is 0.280 e. The normalized spacial score (nSPS) is 11.3. The van der Waals surface area contributed by atoms with Gasteiger partial charge < -0.3 is 4.57 Å². The van der Waals surface area contributed by atoms with Crippen LogP contribution >= 0.6 is 15.9 Å². The van der Waals surface area contributed by atoms with Crippen LogP contribution in [0.15, 0.2) is 38.3 Å². The van der Waals surface area contributed by atoms with E-state index in [4.69, 9.17) is 0 Å². The summed E-state index contributed by atoms with van der Waals surface area (Å²) in [4.78, 5) is 24.6. The summed E-state index contributed by atoms with van der Waals surface area (Å²) in [6, 6.07) is 5.79. The van der Waals surface area contributed by atoms with E-state index in [0.717, 1.165) is 4.68 Å². The molecule has 5 nitrogen and oxygen atoms in total. The van der Waals surface area contributed by atoms with Crippen LogP contribution in [0.3, 0.4) is 0 Å². The first kappa shape index (κ1) is 14.8. The number of nitrogens with one attached hydrogen (secondary N) is 1. The van der Waals surface area contributed by atoms with E-state index in [1.165, 1.54) is 22.8 Å². The molecule has 3 rings (SSSR count). The van der Waals surface area contributed by atoms with Crippen LogP contribution in [0.5, 0.6) is 0 Å². The average molecular weight is 366 g/mol. The van der Waals surface area contributed by atoms with Gasteiger partial charge in [0.05, 0.1) is 10.9 Å². The lowest BCUT2D eigenvalue weighted by Gasteiger charge is -2.05. The van der Waals surface area contributed by atoms with Gasteiger partial charge in [-0.2, -0.15) is 0 Å². The highest BCUT2D eigenvalue weighted by Gasteiger charge is 2.16. The molecule has 0 bridgehead atoms. The molecule has 0 spiro atoms. The lowest BCUT2D eigenvalue weighted by Crippen LogP contribution is -2.22. The van der Waals surface area contributed by atoms with Crippen molar-refractivity contribution in [3.05, 3.63) is 61.0 Å². The number of aromatic amines is 1. The van der Waals surface area contributed by atoms with Crippen LogP contribution in [0.1, 0.15) is 12.6 Å². The zero-order valence-corrected chi connectivity index (χ0v) is 13.6. The van der Waals surface area contributed by atoms with Crippen LogP contribution in [0.25, 0.3) is 16.6 Å². The van der Waals surface area contributed by atoms with Crippen molar-refractivity contribution in [3.8, 4) is 5.69 Å². The third-order valence-electron chi connectivity index (χ3n) is 3.69. The molecule has 0 radical (unpaired) electrons. The Morgan fingerprint density at radius 3 is 2.64 bits per heavy atom. The molecule has 22 heavy (non-hydrogen) atoms. The number of rotatable bonds is 2. The second kappa shape index (κ2) is 5.24. The van der Waals surface area contributed by atoms with Crippen LogP contribution in [-0.4, -0.2) is 14.3 Å². The van der Waals surface area contributed by atoms with Crippen molar-refractivity contribution in [2.45, 2.75) is 20.4 Å². The first-order chi connectivity index (χ1) is 10.4. The summed E-state index contributed by atoms with van der Waals surface area (Å²) in [5.41, 5.74) is 0.509. The number of H-pyrrole nitrogens is 1. The molecule has 2 heterocycles. The van der Waals surface area contributed by atoms with Crippen molar-refractivity contribution in [2.75, 3.05) is 0 Å². The Balaban J connectivity index is 2.38. The summed E-state index contributed by atoms with van der Waals surface area (Å²) in [5, 5.41) is 3.20. The number of nitrogens with zero attached hydrogens (tertiary/aromatic N) is 2. The molecule has 2 aromatic heterocycles. The van der Waals surface area contributed by atoms with Gasteiger partial charge in [-0.3, -0.25) is 14.7 Å². The van der Waals surface area contributed by atoms with E-state index in [2.05, 4.69) is 21.0 Å². The monoisotopic (exact) mass is 365 g/mol. The van der Waals surface area contributed by atoms with Crippen LogP contribution in [0, 0.1) is 12.7 Å². The predicted octanol–water partition coefficient (Wildman–Crippen LogP) is 2.71. The van der Waals surface area contributed by atoms with Crippen LogP contribution in [0.2, 0.25) is 0 Å². The molecule has 0 aliphatic carbocycles. The van der Waals surface area contributed by atoms with Gasteiger partial charge in [0.2, 0.25) is 0 Å². The lowest BCUT2D eigenvalue weighted by molar-refractivity contribution is 0.608. The number of benzene rings is 1. The van der Waals surface area contributed by atoms with Gasteiger partial charge in [-0.05, 0) is 32.0 Å². The summed E-state index contributed by atoms with van der Waals surface area (Å²) in [6.45, 7) is 4.02. The fourth-order valence-electron chi connectivity index (χ4n) is 2.64. The molecular weight excluding hydrogens is 353 g/mol. The predicted molar refractivity (Wildman–Crippen MR) is 86.2 cm³/mol. The quantitative estimate of drug-likeness (QED) is 0.758. The van der Waals surface area contributed by atoms with Gasteiger partial charge in [0.25, 0.3) is 11.1 Å². The second-order valence-electron chi connectivity index (χ2n) is 4.95. The van der Waals surface area contributed by atoms with E-state index in [9.17, 15) is 14.0 Å². The van der Waals surface area contributed by atoms with Gasteiger partial charge in [0.15, 0.2) is 0 Å². The first-order valence-electron chi connectivity index (χ1n) is 6.74. The Kier molecular flexibility index (Phi) is 3.52. The Labute approximate surface area is 133 Å². The van der Waals surface area contributed by atoms with Crippen molar-refractivity contribution < 1.29 is 4.39 Å². The molecule has 0 aliphatic heterocycles. The molecule has 7 heteroatoms. The highest BCUT2D eigenvalue weighted by atomic mass is 79.9. The summed E-state index contributed by atoms with van der Waals surface area (Å²) >= 11 is 3.18. The number of pyridine rings is 1. The molecule has 0 aliphatic rings. The summed E-state index contributed by atoms with van der Waals surface area (Å²) < 4.78 is 17.3. The molecule has 1 aromatic carbocycles. The van der Waals surface area contributed by atoms with E-state index < -0.39 is 5.82 Å². The largest absolute Gasteiger partial charge is 0.312 e. The zero-order valence-electron chi connectivity index (χ0n) is 12.0. The number of aryl methyl sites for hydroxylation is 1. The van der Waals surface area contributed by atoms with E-state index >= 15 is 0 Å². The number of halogens is 2. The van der Waals surface area contributed by atoms with Crippen molar-refractivity contribution in [1.82, 2.24) is 14.3 Å². The van der Waals surface area contributed by atoms with E-state index in [1.807, 2.05) is 6.92 Å². The maximum atomic E-state index is 14.1. The van der Waals surface area contributed by atoms with Crippen LogP contribution in [-0.2, 0) is 6.54 Å². The minimum absolute atomic E-state index is 0.110. The Morgan fingerprint density at radius 2 is 2.00 bits per heavy atom. The van der Waals surface area contributed by atoms with Crippen molar-refractivity contribution in [2.24, 2.45) is 0 Å². The van der Waals surface area contributed by atoms with Crippen LogP contribution < -0.4 is 11.1 Å². The fourth-order valence-corrected chi connectivity index (χ4v) is 2.97. The lowest BCUT2D eigenvalue weighted by atomic mass is 10.2. The van der Waals surface area contributed by atoms with Gasteiger partial charge in [-0.15, -0.1) is 0 Å². The molecule has 0 unspecified atom stereocenters. The van der Waals surface area contributed by atoms with E-state index in [1.54, 1.807) is 13.0 Å². The van der Waals surface area contributed by atoms with Crippen molar-refractivity contribution >= 4 is 26.8 Å². The average Bonchev–Trinajstić information content (AvgIpc) is 2.76. The molecular formula is C15H13BrFN3O2. The van der Waals surface area contributed by atoms with Gasteiger partial charge in [0, 0.05) is 22.8 Å². The van der Waals surface area contributed by atoms with Gasteiger partial charge in [0.1, 0.15) is 11.5 Å². The number of hydrogen-bond donors (Lipinski definition) is 1. The Morgan fingerprint density at radius 1 is 1.27 bits per heavy atom. The van der Waals surface area contributed by atoms with Gasteiger partial charge >= 0.3 is 0 Å². The smallest absolute Gasteiger partial charge is 0.280 e. The molecule has 0 saturated heterocycles. The minimum Gasteiger partial charge on any atom is -0.312 e. The minimum atomic E-state index is -0.536. The summed E-state index contributed by atoms with van der Waals surface area (Å²) in [5.74, 6) is -0.536. The van der Waals surface area contributed by atoms with E-state index in [-0.39, 0.29) is 16.8 Å².